The quantitative estimate of drug-likeness (QED) is 0.744. The fraction of sp³-hybridized carbons (Fsp3) is 0.364. The highest BCUT2D eigenvalue weighted by molar-refractivity contribution is 5.95. The van der Waals surface area contributed by atoms with Crippen molar-refractivity contribution in [1.82, 2.24) is 4.90 Å². The molecule has 2 aromatic rings. The minimum Gasteiger partial charge on any atom is -0.491 e. The smallest absolute Gasteiger partial charge is 0.314 e. The van der Waals surface area contributed by atoms with Crippen molar-refractivity contribution in [2.75, 3.05) is 33.4 Å². The van der Waals surface area contributed by atoms with E-state index in [1.807, 2.05) is 30.3 Å². The van der Waals surface area contributed by atoms with E-state index in [1.165, 1.54) is 0 Å². The lowest BCUT2D eigenvalue weighted by Gasteiger charge is -2.39. The van der Waals surface area contributed by atoms with Crippen molar-refractivity contribution in [2.24, 2.45) is 0 Å². The van der Waals surface area contributed by atoms with Gasteiger partial charge in [-0.25, -0.2) is 0 Å². The molecule has 1 aliphatic heterocycles. The molecule has 1 saturated heterocycles. The number of carboxylic acids is 1. The number of carbonyl (C=O) groups excluding carboxylic acids is 1. The Balaban J connectivity index is 1.70. The van der Waals surface area contributed by atoms with Gasteiger partial charge in [-0.3, -0.25) is 9.59 Å². The van der Waals surface area contributed by atoms with Crippen LogP contribution in [0.3, 0.4) is 0 Å². The molecule has 0 saturated carbocycles. The van der Waals surface area contributed by atoms with Gasteiger partial charge in [0.15, 0.2) is 0 Å². The van der Waals surface area contributed by atoms with Crippen molar-refractivity contribution < 1.29 is 24.2 Å². The SMILES string of the molecule is COCCOc1cccc(C(=O)N2CCC(C(=O)O)(c3ccccc3)CC2)c1. The molecule has 28 heavy (non-hydrogen) atoms. The molecule has 1 N–H and O–H groups in total. The molecule has 3 rings (SSSR count). The van der Waals surface area contributed by atoms with E-state index in [0.717, 1.165) is 5.56 Å². The lowest BCUT2D eigenvalue weighted by atomic mass is 9.73. The second-order valence-corrected chi connectivity index (χ2v) is 6.91. The average molecular weight is 383 g/mol. The molecule has 1 aliphatic rings. The number of likely N-dealkylation sites (tertiary alicyclic amines) is 1. The van der Waals surface area contributed by atoms with Gasteiger partial charge < -0.3 is 19.5 Å². The van der Waals surface area contributed by atoms with Crippen molar-refractivity contribution in [2.45, 2.75) is 18.3 Å². The van der Waals surface area contributed by atoms with Gasteiger partial charge in [0.2, 0.25) is 0 Å². The molecular formula is C22H25NO5. The third-order valence-corrected chi connectivity index (χ3v) is 5.28. The molecule has 0 atom stereocenters. The van der Waals surface area contributed by atoms with Crippen LogP contribution in [0.5, 0.6) is 5.75 Å². The van der Waals surface area contributed by atoms with Gasteiger partial charge in [0.1, 0.15) is 12.4 Å². The van der Waals surface area contributed by atoms with Crippen LogP contribution in [-0.4, -0.2) is 55.3 Å². The maximum Gasteiger partial charge on any atom is 0.314 e. The van der Waals surface area contributed by atoms with Crippen LogP contribution >= 0.6 is 0 Å². The molecule has 2 aromatic carbocycles. The zero-order chi connectivity index (χ0) is 20.0. The van der Waals surface area contributed by atoms with E-state index in [1.54, 1.807) is 36.3 Å². The summed E-state index contributed by atoms with van der Waals surface area (Å²) in [5.74, 6) is -0.326. The number of rotatable bonds is 7. The Hall–Kier alpha value is -2.86. The van der Waals surface area contributed by atoms with E-state index in [4.69, 9.17) is 9.47 Å². The highest BCUT2D eigenvalue weighted by Crippen LogP contribution is 2.36. The molecule has 0 bridgehead atoms. The largest absolute Gasteiger partial charge is 0.491 e. The van der Waals surface area contributed by atoms with Crippen molar-refractivity contribution >= 4 is 11.9 Å². The molecule has 0 aliphatic carbocycles. The highest BCUT2D eigenvalue weighted by atomic mass is 16.5. The zero-order valence-corrected chi connectivity index (χ0v) is 16.0. The summed E-state index contributed by atoms with van der Waals surface area (Å²) in [6.07, 6.45) is 0.782. The zero-order valence-electron chi connectivity index (χ0n) is 16.0. The van der Waals surface area contributed by atoms with Crippen LogP contribution in [0.2, 0.25) is 0 Å². The standard InChI is InChI=1S/C22H25NO5/c1-27-14-15-28-19-9-5-6-17(16-19)20(24)23-12-10-22(11-13-23,21(25)26)18-7-3-2-4-8-18/h2-9,16H,10-15H2,1H3,(H,25,26). The molecule has 6 heteroatoms. The molecular weight excluding hydrogens is 358 g/mol. The van der Waals surface area contributed by atoms with Gasteiger partial charge in [-0.1, -0.05) is 36.4 Å². The third-order valence-electron chi connectivity index (χ3n) is 5.28. The van der Waals surface area contributed by atoms with Gasteiger partial charge in [-0.15, -0.1) is 0 Å². The molecule has 0 radical (unpaired) electrons. The second-order valence-electron chi connectivity index (χ2n) is 6.91. The Morgan fingerprint density at radius 2 is 1.75 bits per heavy atom. The first-order valence-electron chi connectivity index (χ1n) is 9.37. The lowest BCUT2D eigenvalue weighted by molar-refractivity contribution is -0.145. The molecule has 1 heterocycles. The first-order chi connectivity index (χ1) is 13.6. The number of aliphatic carboxylic acids is 1. The number of methoxy groups -OCH3 is 1. The van der Waals surface area contributed by atoms with Gasteiger partial charge in [-0.05, 0) is 36.6 Å². The van der Waals surface area contributed by atoms with Gasteiger partial charge in [-0.2, -0.15) is 0 Å². The number of hydrogen-bond donors (Lipinski definition) is 1. The number of carbonyl (C=O) groups is 2. The number of nitrogens with zero attached hydrogens (tertiary/aromatic N) is 1. The number of ether oxygens (including phenoxy) is 2. The topological polar surface area (TPSA) is 76.1 Å². The maximum absolute atomic E-state index is 12.9. The van der Waals surface area contributed by atoms with E-state index < -0.39 is 11.4 Å². The fourth-order valence-electron chi connectivity index (χ4n) is 3.62. The van der Waals surface area contributed by atoms with E-state index in [9.17, 15) is 14.7 Å². The first kappa shape index (κ1) is 19.9. The van der Waals surface area contributed by atoms with Crippen LogP contribution in [0.15, 0.2) is 54.6 Å². The summed E-state index contributed by atoms with van der Waals surface area (Å²) in [5.41, 5.74) is 0.393. The number of amides is 1. The highest BCUT2D eigenvalue weighted by Gasteiger charge is 2.43. The van der Waals surface area contributed by atoms with Gasteiger partial charge in [0.05, 0.1) is 12.0 Å². The summed E-state index contributed by atoms with van der Waals surface area (Å²) in [6, 6.07) is 16.3. The van der Waals surface area contributed by atoms with Gasteiger partial charge in [0, 0.05) is 25.8 Å². The minimum absolute atomic E-state index is 0.107. The second kappa shape index (κ2) is 8.89. The van der Waals surface area contributed by atoms with Crippen molar-refractivity contribution in [1.29, 1.82) is 0 Å². The summed E-state index contributed by atoms with van der Waals surface area (Å²) in [7, 11) is 1.60. The van der Waals surface area contributed by atoms with Crippen molar-refractivity contribution in [3.63, 3.8) is 0 Å². The van der Waals surface area contributed by atoms with E-state index >= 15 is 0 Å². The molecule has 6 nitrogen and oxygen atoms in total. The molecule has 0 spiro atoms. The Labute approximate surface area is 164 Å². The number of hydrogen-bond acceptors (Lipinski definition) is 4. The molecule has 0 aromatic heterocycles. The minimum atomic E-state index is -0.941. The van der Waals surface area contributed by atoms with E-state index in [0.29, 0.717) is 50.5 Å². The monoisotopic (exact) mass is 383 g/mol. The van der Waals surface area contributed by atoms with Crippen LogP contribution in [0.25, 0.3) is 0 Å². The number of carboxylic acid groups (broad SMARTS) is 1. The summed E-state index contributed by atoms with van der Waals surface area (Å²) in [5, 5.41) is 9.89. The Kier molecular flexibility index (Phi) is 6.31. The average Bonchev–Trinajstić information content (AvgIpc) is 2.74. The van der Waals surface area contributed by atoms with E-state index in [2.05, 4.69) is 0 Å². The molecule has 0 unspecified atom stereocenters. The van der Waals surface area contributed by atoms with Crippen LogP contribution in [0, 0.1) is 0 Å². The fourth-order valence-corrected chi connectivity index (χ4v) is 3.62. The predicted octanol–water partition coefficient (Wildman–Crippen LogP) is 2.97. The number of piperidine rings is 1. The van der Waals surface area contributed by atoms with Crippen LogP contribution in [0.1, 0.15) is 28.8 Å². The normalized spacial score (nSPS) is 15.8. The van der Waals surface area contributed by atoms with Crippen LogP contribution < -0.4 is 4.74 Å². The third kappa shape index (κ3) is 4.17. The Morgan fingerprint density at radius 3 is 2.39 bits per heavy atom. The molecule has 1 amide bonds. The van der Waals surface area contributed by atoms with Gasteiger partial charge in [0.25, 0.3) is 5.91 Å². The summed E-state index contributed by atoms with van der Waals surface area (Å²) in [6.45, 7) is 1.68. The summed E-state index contributed by atoms with van der Waals surface area (Å²) in [4.78, 5) is 26.7. The lowest BCUT2D eigenvalue weighted by Crippen LogP contribution is -2.49. The molecule has 148 valence electrons. The first-order valence-corrected chi connectivity index (χ1v) is 9.37. The molecule has 1 fully saturated rings. The Morgan fingerprint density at radius 1 is 1.04 bits per heavy atom. The number of benzene rings is 2. The van der Waals surface area contributed by atoms with E-state index in [-0.39, 0.29) is 5.91 Å². The van der Waals surface area contributed by atoms with Gasteiger partial charge >= 0.3 is 5.97 Å². The summed E-state index contributed by atoms with van der Waals surface area (Å²) >= 11 is 0. The predicted molar refractivity (Wildman–Crippen MR) is 105 cm³/mol. The van der Waals surface area contributed by atoms with Crippen molar-refractivity contribution in [3.8, 4) is 5.75 Å². The summed E-state index contributed by atoms with van der Waals surface area (Å²) < 4.78 is 10.5. The maximum atomic E-state index is 12.9. The van der Waals surface area contributed by atoms with Crippen LogP contribution in [-0.2, 0) is 14.9 Å². The van der Waals surface area contributed by atoms with Crippen LogP contribution in [0.4, 0.5) is 0 Å². The Bertz CT molecular complexity index is 813. The van der Waals surface area contributed by atoms with Crippen molar-refractivity contribution in [3.05, 3.63) is 65.7 Å².